The van der Waals surface area contributed by atoms with Crippen LogP contribution in [-0.2, 0) is 9.53 Å². The van der Waals surface area contributed by atoms with Gasteiger partial charge in [-0.05, 0) is 80.8 Å². The van der Waals surface area contributed by atoms with E-state index in [2.05, 4.69) is 6.92 Å². The lowest BCUT2D eigenvalue weighted by Gasteiger charge is -2.28. The van der Waals surface area contributed by atoms with Crippen LogP contribution in [0.1, 0.15) is 94.8 Å². The number of carbonyl (C=O) groups is 2. The molecule has 0 bridgehead atoms. The maximum absolute atomic E-state index is 14.5. The molecule has 226 valence electrons. The van der Waals surface area contributed by atoms with Gasteiger partial charge in [0.2, 0.25) is 5.82 Å². The number of hydrogen-bond donors (Lipinski definition) is 0. The standard InChI is InChI=1S/C32H41F3O6/c1-3-5-7-8-20-38-28-19-18-26(29(34)30(28)35)31(36)40-25-16-14-23(15-17-25)39-21-22-10-12-24(13-11-22)41-32(37)27(33)9-6-4-2/h14-19,22,24,27H,3-13,20-21H2,1-2H3/t22?,24?,27-/m0/s1. The molecule has 1 atom stereocenters. The van der Waals surface area contributed by atoms with E-state index in [1.54, 1.807) is 12.1 Å². The molecular formula is C32H41F3O6. The largest absolute Gasteiger partial charge is 0.493 e. The van der Waals surface area contributed by atoms with E-state index in [4.69, 9.17) is 18.9 Å². The number of benzene rings is 2. The van der Waals surface area contributed by atoms with Crippen LogP contribution in [0.15, 0.2) is 36.4 Å². The summed E-state index contributed by atoms with van der Waals surface area (Å²) >= 11 is 0. The highest BCUT2D eigenvalue weighted by atomic mass is 19.2. The molecule has 1 fully saturated rings. The number of unbranched alkanes of at least 4 members (excludes halogenated alkanes) is 4. The van der Waals surface area contributed by atoms with Gasteiger partial charge in [-0.25, -0.2) is 18.4 Å². The molecule has 0 spiro atoms. The fourth-order valence-electron chi connectivity index (χ4n) is 4.65. The third-order valence-electron chi connectivity index (χ3n) is 7.19. The summed E-state index contributed by atoms with van der Waals surface area (Å²) in [6, 6.07) is 8.65. The van der Waals surface area contributed by atoms with Gasteiger partial charge in [0.05, 0.1) is 18.8 Å². The Morgan fingerprint density at radius 1 is 0.829 bits per heavy atom. The summed E-state index contributed by atoms with van der Waals surface area (Å²) in [4.78, 5) is 24.4. The Bertz CT molecular complexity index is 1100. The Balaban J connectivity index is 1.41. The van der Waals surface area contributed by atoms with Crippen molar-refractivity contribution >= 4 is 11.9 Å². The van der Waals surface area contributed by atoms with E-state index in [-0.39, 0.29) is 36.5 Å². The van der Waals surface area contributed by atoms with E-state index in [0.29, 0.717) is 31.6 Å². The summed E-state index contributed by atoms with van der Waals surface area (Å²) in [6.07, 6.45) is 6.58. The van der Waals surface area contributed by atoms with E-state index in [1.807, 2.05) is 6.92 Å². The molecule has 3 rings (SSSR count). The molecule has 1 aliphatic carbocycles. The lowest BCUT2D eigenvalue weighted by Crippen LogP contribution is -2.30. The van der Waals surface area contributed by atoms with Crippen LogP contribution in [0.2, 0.25) is 0 Å². The first kappa shape index (κ1) is 32.3. The Labute approximate surface area is 240 Å². The second-order valence-electron chi connectivity index (χ2n) is 10.5. The summed E-state index contributed by atoms with van der Waals surface area (Å²) in [5.74, 6) is -3.56. The third-order valence-corrected chi connectivity index (χ3v) is 7.19. The molecule has 1 aliphatic rings. The Morgan fingerprint density at radius 2 is 1.51 bits per heavy atom. The van der Waals surface area contributed by atoms with Crippen molar-refractivity contribution in [1.29, 1.82) is 0 Å². The summed E-state index contributed by atoms with van der Waals surface area (Å²) in [7, 11) is 0. The quantitative estimate of drug-likeness (QED) is 0.114. The molecule has 2 aromatic carbocycles. The van der Waals surface area contributed by atoms with Crippen molar-refractivity contribution in [3.63, 3.8) is 0 Å². The van der Waals surface area contributed by atoms with Crippen LogP contribution in [0.3, 0.4) is 0 Å². The molecular weight excluding hydrogens is 537 g/mol. The lowest BCUT2D eigenvalue weighted by molar-refractivity contribution is -0.157. The highest BCUT2D eigenvalue weighted by molar-refractivity contribution is 5.91. The van der Waals surface area contributed by atoms with Gasteiger partial charge in [0, 0.05) is 0 Å². The third kappa shape index (κ3) is 10.3. The molecule has 6 nitrogen and oxygen atoms in total. The number of alkyl halides is 1. The van der Waals surface area contributed by atoms with Crippen molar-refractivity contribution in [3.05, 3.63) is 53.6 Å². The second-order valence-corrected chi connectivity index (χ2v) is 10.5. The van der Waals surface area contributed by atoms with Gasteiger partial charge < -0.3 is 18.9 Å². The fourth-order valence-corrected chi connectivity index (χ4v) is 4.65. The summed E-state index contributed by atoms with van der Waals surface area (Å²) < 4.78 is 64.6. The number of rotatable bonds is 16. The van der Waals surface area contributed by atoms with Crippen molar-refractivity contribution in [1.82, 2.24) is 0 Å². The smallest absolute Gasteiger partial charge is 0.346 e. The molecule has 1 saturated carbocycles. The molecule has 0 aliphatic heterocycles. The minimum Gasteiger partial charge on any atom is -0.493 e. The summed E-state index contributed by atoms with van der Waals surface area (Å²) in [5.41, 5.74) is -0.523. The van der Waals surface area contributed by atoms with Crippen molar-refractivity contribution in [3.8, 4) is 17.2 Å². The van der Waals surface area contributed by atoms with Crippen molar-refractivity contribution in [2.75, 3.05) is 13.2 Å². The lowest BCUT2D eigenvalue weighted by atomic mass is 9.88. The van der Waals surface area contributed by atoms with Crippen LogP contribution < -0.4 is 14.2 Å². The monoisotopic (exact) mass is 578 g/mol. The van der Waals surface area contributed by atoms with Gasteiger partial charge in [0.15, 0.2) is 17.7 Å². The molecule has 0 radical (unpaired) electrons. The van der Waals surface area contributed by atoms with Gasteiger partial charge in [-0.1, -0.05) is 46.0 Å². The first-order valence-corrected chi connectivity index (χ1v) is 14.7. The fraction of sp³-hybridized carbons (Fsp3) is 0.562. The number of ether oxygens (including phenoxy) is 4. The number of esters is 2. The second kappa shape index (κ2) is 16.9. The van der Waals surface area contributed by atoms with Crippen molar-refractivity contribution < 1.29 is 41.7 Å². The molecule has 0 N–H and O–H groups in total. The molecule has 0 saturated heterocycles. The van der Waals surface area contributed by atoms with Crippen molar-refractivity contribution in [2.45, 2.75) is 96.8 Å². The molecule has 0 heterocycles. The predicted molar refractivity (Wildman–Crippen MR) is 149 cm³/mol. The van der Waals surface area contributed by atoms with Crippen LogP contribution in [0.25, 0.3) is 0 Å². The predicted octanol–water partition coefficient (Wildman–Crippen LogP) is 8.15. The van der Waals surface area contributed by atoms with E-state index in [0.717, 1.165) is 51.0 Å². The minimum atomic E-state index is -1.55. The number of hydrogen-bond acceptors (Lipinski definition) is 6. The first-order chi connectivity index (χ1) is 19.8. The van der Waals surface area contributed by atoms with E-state index >= 15 is 0 Å². The van der Waals surface area contributed by atoms with Crippen LogP contribution in [0.5, 0.6) is 17.2 Å². The average Bonchev–Trinajstić information content (AvgIpc) is 2.98. The Morgan fingerprint density at radius 3 is 2.20 bits per heavy atom. The van der Waals surface area contributed by atoms with Gasteiger partial charge in [0.1, 0.15) is 17.6 Å². The van der Waals surface area contributed by atoms with Crippen LogP contribution in [-0.4, -0.2) is 37.4 Å². The van der Waals surface area contributed by atoms with Gasteiger partial charge in [0.25, 0.3) is 0 Å². The summed E-state index contributed by atoms with van der Waals surface area (Å²) in [5, 5.41) is 0. The van der Waals surface area contributed by atoms with Gasteiger partial charge in [-0.15, -0.1) is 0 Å². The highest BCUT2D eigenvalue weighted by Gasteiger charge is 2.27. The molecule has 0 unspecified atom stereocenters. The topological polar surface area (TPSA) is 71.1 Å². The van der Waals surface area contributed by atoms with Gasteiger partial charge >= 0.3 is 11.9 Å². The van der Waals surface area contributed by atoms with E-state index < -0.39 is 35.3 Å². The maximum Gasteiger partial charge on any atom is 0.346 e. The number of halogens is 3. The van der Waals surface area contributed by atoms with Crippen LogP contribution >= 0.6 is 0 Å². The SMILES string of the molecule is CCCCCCOc1ccc(C(=O)Oc2ccc(OCC3CCC(OC(=O)[C@@H](F)CCCC)CC3)cc2)c(F)c1F. The zero-order valence-corrected chi connectivity index (χ0v) is 24.0. The molecule has 2 aromatic rings. The van der Waals surface area contributed by atoms with E-state index in [1.165, 1.54) is 18.2 Å². The average molecular weight is 579 g/mol. The normalized spacial score (nSPS) is 17.5. The molecule has 9 heteroatoms. The zero-order valence-electron chi connectivity index (χ0n) is 24.0. The maximum atomic E-state index is 14.5. The number of carbonyl (C=O) groups excluding carboxylic acids is 2. The van der Waals surface area contributed by atoms with Crippen LogP contribution in [0, 0.1) is 17.6 Å². The minimum absolute atomic E-state index is 0.158. The zero-order chi connectivity index (χ0) is 29.6. The first-order valence-electron chi connectivity index (χ1n) is 14.7. The van der Waals surface area contributed by atoms with Crippen LogP contribution in [0.4, 0.5) is 13.2 Å². The van der Waals surface area contributed by atoms with Gasteiger partial charge in [-0.2, -0.15) is 4.39 Å². The highest BCUT2D eigenvalue weighted by Crippen LogP contribution is 2.29. The Kier molecular flexibility index (Phi) is 13.3. The van der Waals surface area contributed by atoms with Gasteiger partial charge in [-0.3, -0.25) is 0 Å². The summed E-state index contributed by atoms with van der Waals surface area (Å²) in [6.45, 7) is 4.75. The van der Waals surface area contributed by atoms with E-state index in [9.17, 15) is 22.8 Å². The van der Waals surface area contributed by atoms with Crippen molar-refractivity contribution in [2.24, 2.45) is 5.92 Å². The molecule has 0 amide bonds. The Hall–Kier alpha value is -3.23. The molecule has 0 aromatic heterocycles. The molecule has 41 heavy (non-hydrogen) atoms.